The average molecular weight is 521 g/mol. The van der Waals surface area contributed by atoms with Crippen molar-refractivity contribution in [3.63, 3.8) is 0 Å². The molecule has 2 heterocycles. The number of anilines is 2. The molecule has 2 aromatic carbocycles. The van der Waals surface area contributed by atoms with Crippen LogP contribution < -0.4 is 15.8 Å². The van der Waals surface area contributed by atoms with Crippen LogP contribution in [0, 0.1) is 5.82 Å². The first kappa shape index (κ1) is 25.3. The molecule has 0 aliphatic rings. The predicted octanol–water partition coefficient (Wildman–Crippen LogP) is 4.63. The van der Waals surface area contributed by atoms with Gasteiger partial charge in [0, 0.05) is 5.56 Å². The fourth-order valence-electron chi connectivity index (χ4n) is 3.41. The quantitative estimate of drug-likeness (QED) is 0.304. The van der Waals surface area contributed by atoms with E-state index >= 15 is 0 Å². The number of nitrogens with two attached hydrogens (primary N) is 1. The third-order valence-electron chi connectivity index (χ3n) is 5.17. The minimum absolute atomic E-state index is 0.00276. The van der Waals surface area contributed by atoms with E-state index in [0.29, 0.717) is 16.8 Å². The Morgan fingerprint density at radius 1 is 1.00 bits per heavy atom. The van der Waals surface area contributed by atoms with Crippen LogP contribution in [0.5, 0.6) is 0 Å². The summed E-state index contributed by atoms with van der Waals surface area (Å²) in [7, 11) is -3.92. The van der Waals surface area contributed by atoms with Crippen LogP contribution in [0.3, 0.4) is 0 Å². The Morgan fingerprint density at radius 2 is 1.72 bits per heavy atom. The van der Waals surface area contributed by atoms with E-state index in [4.69, 9.17) is 5.14 Å². The van der Waals surface area contributed by atoms with Crippen molar-refractivity contribution in [3.8, 4) is 11.3 Å². The van der Waals surface area contributed by atoms with Crippen LogP contribution in [-0.2, 0) is 10.0 Å². The molecule has 0 bridgehead atoms. The molecule has 4 aromatic rings. The third kappa shape index (κ3) is 6.04. The number of rotatable bonds is 7. The second kappa shape index (κ2) is 9.66. The van der Waals surface area contributed by atoms with Crippen LogP contribution >= 0.6 is 0 Å². The smallest absolute Gasteiger partial charge is 0.359 e. The maximum Gasteiger partial charge on any atom is 0.405 e. The Hall–Kier alpha value is -3.84. The van der Waals surface area contributed by atoms with Gasteiger partial charge in [0.15, 0.2) is 5.82 Å². The van der Waals surface area contributed by atoms with Crippen molar-refractivity contribution in [2.45, 2.75) is 24.0 Å². The number of pyridine rings is 1. The molecular formula is C23H20F4N6O2S. The molecule has 0 saturated carbocycles. The molecule has 0 amide bonds. The number of nitrogens with one attached hydrogen (secondary N) is 2. The van der Waals surface area contributed by atoms with E-state index in [2.05, 4.69) is 25.6 Å². The Bertz CT molecular complexity index is 1510. The summed E-state index contributed by atoms with van der Waals surface area (Å²) >= 11 is 0. The second-order valence-corrected chi connectivity index (χ2v) is 9.48. The minimum Gasteiger partial charge on any atom is -0.359 e. The fraction of sp³-hybridized carbons (Fsp3) is 0.174. The molecule has 8 nitrogen and oxygen atoms in total. The molecule has 13 heteroatoms. The number of fused-ring (bicyclic) bond motifs is 1. The number of aromatic nitrogens is 3. The summed E-state index contributed by atoms with van der Waals surface area (Å²) in [5.74, 6) is -0.596. The Labute approximate surface area is 203 Å². The number of primary sulfonamides is 1. The lowest BCUT2D eigenvalue weighted by Gasteiger charge is -2.17. The lowest BCUT2D eigenvalue weighted by Crippen LogP contribution is -2.22. The number of hydrogen-bond acceptors (Lipinski definition) is 7. The molecule has 2 aromatic heterocycles. The van der Waals surface area contributed by atoms with Crippen LogP contribution in [-0.4, -0.2) is 36.1 Å². The summed E-state index contributed by atoms with van der Waals surface area (Å²) in [6.07, 6.45) is -4.51. The average Bonchev–Trinajstić information content (AvgIpc) is 2.82. The molecule has 0 spiro atoms. The van der Waals surface area contributed by atoms with Crippen molar-refractivity contribution < 1.29 is 26.0 Å². The molecule has 0 fully saturated rings. The topological polar surface area (TPSA) is 123 Å². The molecule has 0 radical (unpaired) electrons. The van der Waals surface area contributed by atoms with Crippen molar-refractivity contribution >= 4 is 32.8 Å². The molecule has 0 aliphatic carbocycles. The number of nitrogens with zero attached hydrogens (tertiary/aromatic N) is 3. The number of alkyl halides is 3. The van der Waals surface area contributed by atoms with Crippen LogP contribution in [0.15, 0.2) is 65.6 Å². The van der Waals surface area contributed by atoms with Gasteiger partial charge in [-0.05, 0) is 61.0 Å². The monoisotopic (exact) mass is 520 g/mol. The number of benzene rings is 2. The summed E-state index contributed by atoms with van der Waals surface area (Å²) in [5.41, 5.74) is 1.85. The fourth-order valence-corrected chi connectivity index (χ4v) is 3.97. The van der Waals surface area contributed by atoms with E-state index in [9.17, 15) is 26.0 Å². The second-order valence-electron chi connectivity index (χ2n) is 7.92. The highest BCUT2D eigenvalue weighted by Crippen LogP contribution is 2.28. The Morgan fingerprint density at radius 3 is 2.39 bits per heavy atom. The highest BCUT2D eigenvalue weighted by atomic mass is 32.2. The minimum atomic E-state index is -4.51. The summed E-state index contributed by atoms with van der Waals surface area (Å²) < 4.78 is 75.5. The normalized spacial score (nSPS) is 12.9. The largest absolute Gasteiger partial charge is 0.405 e. The van der Waals surface area contributed by atoms with Crippen LogP contribution in [0.2, 0.25) is 0 Å². The molecule has 0 aliphatic heterocycles. The molecule has 188 valence electrons. The lowest BCUT2D eigenvalue weighted by molar-refractivity contribution is -0.115. The molecule has 4 rings (SSSR count). The zero-order valence-corrected chi connectivity index (χ0v) is 19.5. The highest BCUT2D eigenvalue weighted by molar-refractivity contribution is 7.89. The van der Waals surface area contributed by atoms with Gasteiger partial charge in [-0.1, -0.05) is 12.1 Å². The summed E-state index contributed by atoms with van der Waals surface area (Å²) in [4.78, 5) is 12.9. The molecule has 0 saturated heterocycles. The Kier molecular flexibility index (Phi) is 6.78. The van der Waals surface area contributed by atoms with E-state index in [0.717, 1.165) is 0 Å². The summed E-state index contributed by atoms with van der Waals surface area (Å²) in [6.45, 7) is 0.349. The molecule has 36 heavy (non-hydrogen) atoms. The van der Waals surface area contributed by atoms with Gasteiger partial charge in [-0.3, -0.25) is 0 Å². The van der Waals surface area contributed by atoms with Crippen LogP contribution in [0.1, 0.15) is 18.5 Å². The number of sulfonamides is 1. The van der Waals surface area contributed by atoms with E-state index in [-0.39, 0.29) is 27.7 Å². The standard InChI is InChI=1S/C23H20F4N6O2S/c1-13(15-3-2-4-17(11-15)36(28,34)35)30-22-32-19-10-9-18(14-5-7-16(24)8-6-14)31-20(19)21(33-22)29-12-23(25,26)27/h2-11,13H,12H2,1H3,(H2,28,34,35)(H2,29,30,32,33). The molecule has 4 N–H and O–H groups in total. The van der Waals surface area contributed by atoms with E-state index in [1.807, 2.05) is 0 Å². The third-order valence-corrected chi connectivity index (χ3v) is 6.08. The lowest BCUT2D eigenvalue weighted by atomic mass is 10.1. The van der Waals surface area contributed by atoms with Crippen molar-refractivity contribution in [3.05, 3.63) is 72.0 Å². The number of hydrogen-bond donors (Lipinski definition) is 3. The first-order valence-corrected chi connectivity index (χ1v) is 12.1. The zero-order chi connectivity index (χ0) is 26.1. The van der Waals surface area contributed by atoms with Gasteiger partial charge in [0.05, 0.1) is 22.1 Å². The van der Waals surface area contributed by atoms with Gasteiger partial charge >= 0.3 is 6.18 Å². The highest BCUT2D eigenvalue weighted by Gasteiger charge is 2.27. The van der Waals surface area contributed by atoms with Gasteiger partial charge in [-0.2, -0.15) is 18.2 Å². The van der Waals surface area contributed by atoms with Crippen molar-refractivity contribution in [2.24, 2.45) is 5.14 Å². The van der Waals surface area contributed by atoms with Crippen molar-refractivity contribution in [1.29, 1.82) is 0 Å². The van der Waals surface area contributed by atoms with Gasteiger partial charge in [-0.15, -0.1) is 0 Å². The van der Waals surface area contributed by atoms with E-state index in [1.165, 1.54) is 42.5 Å². The first-order valence-electron chi connectivity index (χ1n) is 10.5. The molecule has 1 unspecified atom stereocenters. The van der Waals surface area contributed by atoms with E-state index < -0.39 is 34.6 Å². The number of halogens is 4. The predicted molar refractivity (Wildman–Crippen MR) is 127 cm³/mol. The maximum atomic E-state index is 13.3. The maximum absolute atomic E-state index is 13.3. The summed E-state index contributed by atoms with van der Waals surface area (Å²) in [6, 6.07) is 14.1. The molecular weight excluding hydrogens is 500 g/mol. The van der Waals surface area contributed by atoms with Gasteiger partial charge in [0.1, 0.15) is 17.9 Å². The molecule has 1 atom stereocenters. The van der Waals surface area contributed by atoms with Gasteiger partial charge in [0.2, 0.25) is 16.0 Å². The van der Waals surface area contributed by atoms with Crippen LogP contribution in [0.4, 0.5) is 29.3 Å². The van der Waals surface area contributed by atoms with Gasteiger partial charge < -0.3 is 10.6 Å². The van der Waals surface area contributed by atoms with Crippen molar-refractivity contribution in [1.82, 2.24) is 15.0 Å². The van der Waals surface area contributed by atoms with Gasteiger partial charge in [0.25, 0.3) is 0 Å². The van der Waals surface area contributed by atoms with Crippen molar-refractivity contribution in [2.75, 3.05) is 17.2 Å². The SMILES string of the molecule is CC(Nc1nc(NCC(F)(F)F)c2nc(-c3ccc(F)cc3)ccc2n1)c1cccc(S(N)(=O)=O)c1. The van der Waals surface area contributed by atoms with Crippen LogP contribution in [0.25, 0.3) is 22.3 Å². The van der Waals surface area contributed by atoms with Gasteiger partial charge in [-0.25, -0.2) is 27.9 Å². The summed E-state index contributed by atoms with van der Waals surface area (Å²) in [5, 5.41) is 10.4. The Balaban J connectivity index is 1.72. The van der Waals surface area contributed by atoms with E-state index in [1.54, 1.807) is 25.1 Å². The zero-order valence-electron chi connectivity index (χ0n) is 18.7. The first-order chi connectivity index (χ1) is 16.9.